The molecule has 6 rings (SSSR count). The number of methoxy groups -OCH3 is 4. The second-order valence-corrected chi connectivity index (χ2v) is 11.3. The first kappa shape index (κ1) is 39.6. The number of ether oxygens (including phenoxy) is 5. The first-order chi connectivity index (χ1) is 27.6. The van der Waals surface area contributed by atoms with Crippen LogP contribution >= 0.6 is 0 Å². The Morgan fingerprint density at radius 1 is 0.439 bits per heavy atom. The van der Waals surface area contributed by atoms with Crippen LogP contribution in [0.25, 0.3) is 44.6 Å². The van der Waals surface area contributed by atoms with Crippen LogP contribution in [0.2, 0.25) is 0 Å². The predicted molar refractivity (Wildman–Crippen MR) is 196 cm³/mol. The van der Waals surface area contributed by atoms with E-state index in [1.807, 2.05) is 0 Å². The first-order valence-corrected chi connectivity index (χ1v) is 16.3. The summed E-state index contributed by atoms with van der Waals surface area (Å²) in [6.45, 7) is 0. The predicted octanol–water partition coefficient (Wildman–Crippen LogP) is 6.23. The van der Waals surface area contributed by atoms with Gasteiger partial charge in [0.15, 0.2) is 34.5 Å². The van der Waals surface area contributed by atoms with Gasteiger partial charge >= 0.3 is 0 Å². The molecule has 300 valence electrons. The molecule has 0 saturated heterocycles. The van der Waals surface area contributed by atoms with E-state index in [1.54, 1.807) is 0 Å². The second kappa shape index (κ2) is 16.8. The molecule has 4 aromatic carbocycles. The molecule has 2 N–H and O–H groups in total. The highest BCUT2D eigenvalue weighted by atomic mass is 17.2. The van der Waals surface area contributed by atoms with Gasteiger partial charge in [-0.1, -0.05) is 0 Å². The van der Waals surface area contributed by atoms with E-state index in [9.17, 15) is 19.8 Å². The summed E-state index contributed by atoms with van der Waals surface area (Å²) >= 11 is 0. The minimum atomic E-state index is -0.685. The molecule has 0 amide bonds. The molecule has 19 nitrogen and oxygen atoms in total. The monoisotopic (exact) mass is 794 g/mol. The van der Waals surface area contributed by atoms with Crippen molar-refractivity contribution in [1.29, 1.82) is 0 Å². The minimum Gasteiger partial charge on any atom is -0.504 e. The van der Waals surface area contributed by atoms with Crippen LogP contribution in [0.4, 0.5) is 0 Å². The van der Waals surface area contributed by atoms with Crippen molar-refractivity contribution in [2.75, 3.05) is 56.9 Å². The lowest BCUT2D eigenvalue weighted by Crippen LogP contribution is -2.11. The molecule has 0 aliphatic carbocycles. The zero-order valence-corrected chi connectivity index (χ0v) is 31.5. The summed E-state index contributed by atoms with van der Waals surface area (Å²) in [5.74, 6) is -2.33. The molecule has 0 spiro atoms. The number of aromatic hydroxyl groups is 2. The Balaban J connectivity index is 1.48. The highest BCUT2D eigenvalue weighted by Crippen LogP contribution is 2.48. The maximum atomic E-state index is 13.9. The summed E-state index contributed by atoms with van der Waals surface area (Å²) < 4.78 is 40.1. The van der Waals surface area contributed by atoms with Crippen LogP contribution < -0.4 is 54.1 Å². The SMILES string of the molecule is COOc1cc2oc(-c3ccc(O)c(Oc4cc(-c5oc6cc(OOC)c(OC)c(OOC)c6c(=O)c5OC)ccc4O)c3)c(OC)c(=O)c2c(OOC)c1OC. The van der Waals surface area contributed by atoms with Gasteiger partial charge in [0.05, 0.1) is 56.9 Å². The fourth-order valence-electron chi connectivity index (χ4n) is 5.88. The van der Waals surface area contributed by atoms with Crippen LogP contribution in [-0.2, 0) is 19.6 Å². The van der Waals surface area contributed by atoms with Gasteiger partial charge in [-0.05, 0) is 36.4 Å². The standard InChI is InChI=1S/C38H34O19/c1-43-33-25(54-47-5)15-23-27(35(33)56-49-7)29(41)37(45-3)31(52-23)17-9-11-19(39)21(13-17)51-22-14-18(10-12-20(22)40)32-38(46-4)30(42)28-24(53-32)16-26(55-48-6)34(44-2)36(28)57-50-8/h9-16,39-40H,1-8H3. The van der Waals surface area contributed by atoms with Crippen LogP contribution in [0.15, 0.2) is 67.0 Å². The average molecular weight is 795 g/mol. The molecular formula is C38H34O19. The molecule has 6 aromatic rings. The van der Waals surface area contributed by atoms with Crippen molar-refractivity contribution in [2.24, 2.45) is 0 Å². The summed E-state index contributed by atoms with van der Waals surface area (Å²) in [6.07, 6.45) is 0. The summed E-state index contributed by atoms with van der Waals surface area (Å²) in [7, 11) is 10.1. The molecule has 2 heterocycles. The van der Waals surface area contributed by atoms with Gasteiger partial charge in [-0.15, -0.1) is 0 Å². The van der Waals surface area contributed by atoms with Crippen molar-refractivity contribution >= 4 is 21.9 Å². The second-order valence-electron chi connectivity index (χ2n) is 11.3. The Morgan fingerprint density at radius 3 is 1.14 bits per heavy atom. The van der Waals surface area contributed by atoms with Gasteiger partial charge in [-0.3, -0.25) is 9.59 Å². The Morgan fingerprint density at radius 2 is 0.807 bits per heavy atom. The zero-order chi connectivity index (χ0) is 41.0. The molecule has 57 heavy (non-hydrogen) atoms. The molecular weight excluding hydrogens is 760 g/mol. The van der Waals surface area contributed by atoms with E-state index in [-0.39, 0.29) is 114 Å². The van der Waals surface area contributed by atoms with E-state index >= 15 is 0 Å². The van der Waals surface area contributed by atoms with Crippen molar-refractivity contribution in [2.45, 2.75) is 0 Å². The Labute approximate surface area is 321 Å². The molecule has 0 fully saturated rings. The van der Waals surface area contributed by atoms with Gasteiger partial charge in [0.1, 0.15) is 21.9 Å². The van der Waals surface area contributed by atoms with Crippen molar-refractivity contribution in [1.82, 2.24) is 0 Å². The fraction of sp³-hybridized carbons (Fsp3) is 0.211. The molecule has 0 aliphatic heterocycles. The van der Waals surface area contributed by atoms with Crippen LogP contribution in [0.1, 0.15) is 0 Å². The maximum Gasteiger partial charge on any atom is 0.239 e. The van der Waals surface area contributed by atoms with E-state index < -0.39 is 10.9 Å². The number of phenolic OH excluding ortho intramolecular Hbond substituents is 2. The lowest BCUT2D eigenvalue weighted by Gasteiger charge is -2.16. The van der Waals surface area contributed by atoms with Gasteiger partial charge in [-0.25, -0.2) is 0 Å². The van der Waals surface area contributed by atoms with Crippen LogP contribution in [0.5, 0.6) is 69.0 Å². The molecule has 19 heteroatoms. The van der Waals surface area contributed by atoms with Gasteiger partial charge in [0, 0.05) is 23.3 Å². The zero-order valence-electron chi connectivity index (χ0n) is 31.5. The van der Waals surface area contributed by atoms with E-state index in [0.29, 0.717) is 0 Å². The first-order valence-electron chi connectivity index (χ1n) is 16.3. The number of rotatable bonds is 16. The highest BCUT2D eigenvalue weighted by Gasteiger charge is 2.29. The normalized spacial score (nSPS) is 11.0. The number of phenols is 2. The smallest absolute Gasteiger partial charge is 0.239 e. The third-order valence-electron chi connectivity index (χ3n) is 8.19. The molecule has 0 atom stereocenters. The van der Waals surface area contributed by atoms with Crippen molar-refractivity contribution < 1.29 is 81.8 Å². The summed E-state index contributed by atoms with van der Waals surface area (Å²) in [5.41, 5.74) is -1.10. The van der Waals surface area contributed by atoms with Crippen LogP contribution in [-0.4, -0.2) is 67.1 Å². The molecule has 0 aliphatic rings. The van der Waals surface area contributed by atoms with E-state index in [1.165, 1.54) is 105 Å². The number of hydrogen-bond acceptors (Lipinski definition) is 19. The Kier molecular flexibility index (Phi) is 11.6. The van der Waals surface area contributed by atoms with Gasteiger partial charge < -0.3 is 62.3 Å². The Bertz CT molecular complexity index is 2400. The fourth-order valence-corrected chi connectivity index (χ4v) is 5.88. The summed E-state index contributed by atoms with van der Waals surface area (Å²) in [5, 5.41) is 21.6. The summed E-state index contributed by atoms with van der Waals surface area (Å²) in [6, 6.07) is 10.7. The quantitative estimate of drug-likeness (QED) is 0.0818. The van der Waals surface area contributed by atoms with E-state index in [4.69, 9.17) is 71.6 Å². The minimum absolute atomic E-state index is 0.0185. The highest BCUT2D eigenvalue weighted by molar-refractivity contribution is 5.93. The van der Waals surface area contributed by atoms with Gasteiger partial charge in [0.25, 0.3) is 0 Å². The topological polar surface area (TPSA) is 221 Å². The Hall–Kier alpha value is -7.06. The third kappa shape index (κ3) is 7.13. The van der Waals surface area contributed by atoms with E-state index in [2.05, 4.69) is 0 Å². The van der Waals surface area contributed by atoms with E-state index in [0.717, 1.165) is 0 Å². The van der Waals surface area contributed by atoms with Crippen molar-refractivity contribution in [3.05, 3.63) is 69.0 Å². The maximum absolute atomic E-state index is 13.9. The van der Waals surface area contributed by atoms with Crippen LogP contribution in [0.3, 0.4) is 0 Å². The lowest BCUT2D eigenvalue weighted by molar-refractivity contribution is -0.185. The van der Waals surface area contributed by atoms with Gasteiger partial charge in [-0.2, -0.15) is 19.6 Å². The summed E-state index contributed by atoms with van der Waals surface area (Å²) in [4.78, 5) is 68.1. The van der Waals surface area contributed by atoms with Crippen molar-refractivity contribution in [3.63, 3.8) is 0 Å². The molecule has 2 aromatic heterocycles. The van der Waals surface area contributed by atoms with Crippen molar-refractivity contribution in [3.8, 4) is 91.6 Å². The number of hydrogen-bond donors (Lipinski definition) is 2. The van der Waals surface area contributed by atoms with Crippen LogP contribution in [0, 0.1) is 0 Å². The average Bonchev–Trinajstić information content (AvgIpc) is 3.19. The molecule has 0 radical (unpaired) electrons. The largest absolute Gasteiger partial charge is 0.504 e. The lowest BCUT2D eigenvalue weighted by atomic mass is 10.1. The number of benzene rings is 4. The molecule has 0 saturated carbocycles. The van der Waals surface area contributed by atoms with Gasteiger partial charge in [0.2, 0.25) is 56.9 Å². The molecule has 0 bridgehead atoms. The third-order valence-corrected chi connectivity index (χ3v) is 8.19. The number of fused-ring (bicyclic) bond motifs is 2. The molecule has 0 unspecified atom stereocenters.